The predicted octanol–water partition coefficient (Wildman–Crippen LogP) is 0.707. The molecule has 4 heteroatoms. The lowest BCUT2D eigenvalue weighted by atomic mass is 10.1. The Hall–Kier alpha value is -0.610. The fourth-order valence-electron chi connectivity index (χ4n) is 1.05. The van der Waals surface area contributed by atoms with Crippen molar-refractivity contribution >= 4 is 5.97 Å². The van der Waals surface area contributed by atoms with E-state index in [2.05, 4.69) is 5.32 Å². The van der Waals surface area contributed by atoms with Crippen molar-refractivity contribution in [1.82, 2.24) is 5.32 Å². The number of hydrogen-bond acceptors (Lipinski definition) is 4. The van der Waals surface area contributed by atoms with Gasteiger partial charge in [0.25, 0.3) is 0 Å². The largest absolute Gasteiger partial charge is 0.464 e. The van der Waals surface area contributed by atoms with Crippen LogP contribution in [0.4, 0.5) is 0 Å². The number of carbonyl (C=O) groups is 1. The van der Waals surface area contributed by atoms with Crippen LogP contribution in [-0.4, -0.2) is 36.9 Å². The average Bonchev–Trinajstić information content (AvgIpc) is 2.80. The van der Waals surface area contributed by atoms with Crippen LogP contribution in [0.1, 0.15) is 27.7 Å². The standard InChI is InChI=1S/C10H19NO3/c1-5-13-8(12)10(7-14-10)6-11-9(2,3)4/h11H,5-7H2,1-4H3. The number of epoxide rings is 1. The zero-order valence-corrected chi connectivity index (χ0v) is 9.35. The SMILES string of the molecule is CCOC(=O)C1(CNC(C)(C)C)CO1. The Morgan fingerprint density at radius 3 is 2.50 bits per heavy atom. The lowest BCUT2D eigenvalue weighted by molar-refractivity contribution is -0.149. The molecule has 0 bridgehead atoms. The third kappa shape index (κ3) is 2.96. The lowest BCUT2D eigenvalue weighted by Gasteiger charge is -2.22. The molecule has 1 unspecified atom stereocenters. The normalized spacial score (nSPS) is 26.0. The maximum atomic E-state index is 11.5. The zero-order chi connectivity index (χ0) is 10.8. The molecule has 0 aromatic carbocycles. The van der Waals surface area contributed by atoms with Crippen molar-refractivity contribution < 1.29 is 14.3 Å². The van der Waals surface area contributed by atoms with Crippen LogP contribution >= 0.6 is 0 Å². The van der Waals surface area contributed by atoms with Crippen molar-refractivity contribution in [3.8, 4) is 0 Å². The molecule has 1 aliphatic heterocycles. The first-order valence-corrected chi connectivity index (χ1v) is 4.96. The molecule has 1 saturated heterocycles. The maximum Gasteiger partial charge on any atom is 0.342 e. The quantitative estimate of drug-likeness (QED) is 0.537. The third-order valence-electron chi connectivity index (χ3n) is 2.04. The molecule has 1 aliphatic rings. The Balaban J connectivity index is 2.39. The monoisotopic (exact) mass is 201 g/mol. The van der Waals surface area contributed by atoms with Gasteiger partial charge in [-0.25, -0.2) is 4.79 Å². The van der Waals surface area contributed by atoms with E-state index in [-0.39, 0.29) is 11.5 Å². The van der Waals surface area contributed by atoms with Gasteiger partial charge in [-0.1, -0.05) is 0 Å². The van der Waals surface area contributed by atoms with Crippen LogP contribution in [0.3, 0.4) is 0 Å². The lowest BCUT2D eigenvalue weighted by Crippen LogP contribution is -2.46. The van der Waals surface area contributed by atoms with Gasteiger partial charge >= 0.3 is 5.97 Å². The molecule has 0 amide bonds. The van der Waals surface area contributed by atoms with Crippen LogP contribution in [0.5, 0.6) is 0 Å². The second-order valence-corrected chi connectivity index (χ2v) is 4.61. The summed E-state index contributed by atoms with van der Waals surface area (Å²) in [5.74, 6) is -0.253. The molecule has 0 spiro atoms. The van der Waals surface area contributed by atoms with Gasteiger partial charge in [0, 0.05) is 12.1 Å². The highest BCUT2D eigenvalue weighted by molar-refractivity contribution is 5.82. The van der Waals surface area contributed by atoms with Crippen molar-refractivity contribution in [3.63, 3.8) is 0 Å². The molecular formula is C10H19NO3. The highest BCUT2D eigenvalue weighted by Crippen LogP contribution is 2.28. The van der Waals surface area contributed by atoms with Crippen molar-refractivity contribution in [2.24, 2.45) is 0 Å². The molecular weight excluding hydrogens is 182 g/mol. The summed E-state index contributed by atoms with van der Waals surface area (Å²) >= 11 is 0. The minimum absolute atomic E-state index is 0.00849. The average molecular weight is 201 g/mol. The minimum atomic E-state index is -0.705. The van der Waals surface area contributed by atoms with E-state index >= 15 is 0 Å². The van der Waals surface area contributed by atoms with E-state index in [9.17, 15) is 4.79 Å². The molecule has 1 rings (SSSR count). The van der Waals surface area contributed by atoms with Gasteiger partial charge in [0.15, 0.2) is 0 Å². The molecule has 1 fully saturated rings. The number of rotatable bonds is 4. The van der Waals surface area contributed by atoms with Crippen LogP contribution in [0.25, 0.3) is 0 Å². The number of nitrogens with one attached hydrogen (secondary N) is 1. The molecule has 0 radical (unpaired) electrons. The van der Waals surface area contributed by atoms with E-state index in [1.165, 1.54) is 0 Å². The second kappa shape index (κ2) is 3.87. The molecule has 4 nitrogen and oxygen atoms in total. The van der Waals surface area contributed by atoms with Crippen LogP contribution < -0.4 is 5.32 Å². The molecule has 1 N–H and O–H groups in total. The van der Waals surface area contributed by atoms with Gasteiger partial charge in [-0.15, -0.1) is 0 Å². The van der Waals surface area contributed by atoms with Gasteiger partial charge in [0.2, 0.25) is 5.60 Å². The summed E-state index contributed by atoms with van der Waals surface area (Å²) in [7, 11) is 0. The first-order valence-electron chi connectivity index (χ1n) is 4.96. The van der Waals surface area contributed by atoms with E-state index in [1.807, 2.05) is 20.8 Å². The van der Waals surface area contributed by atoms with E-state index in [1.54, 1.807) is 6.92 Å². The van der Waals surface area contributed by atoms with Crippen LogP contribution in [0.15, 0.2) is 0 Å². The predicted molar refractivity (Wildman–Crippen MR) is 53.1 cm³/mol. The van der Waals surface area contributed by atoms with Gasteiger partial charge in [-0.3, -0.25) is 0 Å². The Morgan fingerprint density at radius 2 is 2.14 bits per heavy atom. The number of ether oxygens (including phenoxy) is 2. The molecule has 1 heterocycles. The first kappa shape index (κ1) is 11.5. The van der Waals surface area contributed by atoms with Gasteiger partial charge < -0.3 is 14.8 Å². The fraction of sp³-hybridized carbons (Fsp3) is 0.900. The van der Waals surface area contributed by atoms with Gasteiger partial charge in [-0.05, 0) is 27.7 Å². The molecule has 1 atom stereocenters. The summed E-state index contributed by atoms with van der Waals surface area (Å²) in [6.45, 7) is 9.34. The van der Waals surface area contributed by atoms with E-state index < -0.39 is 5.60 Å². The van der Waals surface area contributed by atoms with Crippen molar-refractivity contribution in [2.75, 3.05) is 19.8 Å². The molecule has 82 valence electrons. The summed E-state index contributed by atoms with van der Waals surface area (Å²) in [5.41, 5.74) is -0.714. The molecule has 0 aromatic heterocycles. The van der Waals surface area contributed by atoms with Gasteiger partial charge in [-0.2, -0.15) is 0 Å². The van der Waals surface area contributed by atoms with E-state index in [0.29, 0.717) is 19.8 Å². The highest BCUT2D eigenvalue weighted by atomic mass is 16.6. The summed E-state index contributed by atoms with van der Waals surface area (Å²) in [6.07, 6.45) is 0. The van der Waals surface area contributed by atoms with Crippen molar-refractivity contribution in [2.45, 2.75) is 38.8 Å². The smallest absolute Gasteiger partial charge is 0.342 e. The summed E-state index contributed by atoms with van der Waals surface area (Å²) in [4.78, 5) is 11.5. The summed E-state index contributed by atoms with van der Waals surface area (Å²) < 4.78 is 10.1. The molecule has 0 saturated carbocycles. The van der Waals surface area contributed by atoms with Crippen LogP contribution in [0, 0.1) is 0 Å². The maximum absolute atomic E-state index is 11.5. The minimum Gasteiger partial charge on any atom is -0.464 e. The Morgan fingerprint density at radius 1 is 1.57 bits per heavy atom. The Bertz CT molecular complexity index is 216. The first-order chi connectivity index (χ1) is 6.40. The highest BCUT2D eigenvalue weighted by Gasteiger charge is 2.53. The summed E-state index contributed by atoms with van der Waals surface area (Å²) in [5, 5.41) is 3.24. The zero-order valence-electron chi connectivity index (χ0n) is 9.35. The Kier molecular flexibility index (Phi) is 3.17. The fourth-order valence-corrected chi connectivity index (χ4v) is 1.05. The van der Waals surface area contributed by atoms with Crippen molar-refractivity contribution in [1.29, 1.82) is 0 Å². The molecule has 0 aromatic rings. The molecule has 14 heavy (non-hydrogen) atoms. The third-order valence-corrected chi connectivity index (χ3v) is 2.04. The van der Waals surface area contributed by atoms with Gasteiger partial charge in [0.1, 0.15) is 0 Å². The number of carbonyl (C=O) groups excluding carboxylic acids is 1. The number of esters is 1. The second-order valence-electron chi connectivity index (χ2n) is 4.61. The summed E-state index contributed by atoms with van der Waals surface area (Å²) in [6, 6.07) is 0. The van der Waals surface area contributed by atoms with Crippen molar-refractivity contribution in [3.05, 3.63) is 0 Å². The van der Waals surface area contributed by atoms with Crippen LogP contribution in [0.2, 0.25) is 0 Å². The van der Waals surface area contributed by atoms with Crippen LogP contribution in [-0.2, 0) is 14.3 Å². The van der Waals surface area contributed by atoms with Gasteiger partial charge in [0.05, 0.1) is 13.2 Å². The molecule has 0 aliphatic carbocycles. The topological polar surface area (TPSA) is 50.9 Å². The number of hydrogen-bond donors (Lipinski definition) is 1. The van der Waals surface area contributed by atoms with E-state index in [4.69, 9.17) is 9.47 Å². The van der Waals surface area contributed by atoms with E-state index in [0.717, 1.165) is 0 Å². The Labute approximate surface area is 85.0 Å².